The molecule has 0 aromatic carbocycles. The molecule has 0 heterocycles. The first-order valence-corrected chi connectivity index (χ1v) is 10.5. The molecule has 0 bridgehead atoms. The molecule has 17 heavy (non-hydrogen) atoms. The van der Waals surface area contributed by atoms with E-state index < -0.39 is 5.69 Å². The number of hydrogen-bond acceptors (Lipinski definition) is 4. The molecule has 0 aromatic heterocycles. The Bertz CT molecular complexity index is 205. The Kier molecular flexibility index (Phi) is 9.41. The average molecular weight is 298 g/mol. The van der Waals surface area contributed by atoms with E-state index >= 15 is 0 Å². The van der Waals surface area contributed by atoms with Crippen LogP contribution in [0.1, 0.15) is 41.5 Å². The van der Waals surface area contributed by atoms with Crippen LogP contribution in [0.2, 0.25) is 0 Å². The molecule has 2 nitrogen and oxygen atoms in total. The monoisotopic (exact) mass is 298 g/mol. The molecule has 0 rings (SSSR count). The van der Waals surface area contributed by atoms with E-state index in [2.05, 4.69) is 41.5 Å². The lowest BCUT2D eigenvalue weighted by molar-refractivity contribution is 0.218. The van der Waals surface area contributed by atoms with Crippen molar-refractivity contribution in [2.45, 2.75) is 41.5 Å². The molecule has 0 aliphatic heterocycles. The minimum atomic E-state index is -2.13. The van der Waals surface area contributed by atoms with Crippen LogP contribution < -0.4 is 0 Å². The van der Waals surface area contributed by atoms with Gasteiger partial charge in [-0.05, 0) is 29.6 Å². The van der Waals surface area contributed by atoms with Crippen molar-refractivity contribution in [1.29, 1.82) is 0 Å². The predicted molar refractivity (Wildman–Crippen MR) is 83.2 cm³/mol. The van der Waals surface area contributed by atoms with Crippen molar-refractivity contribution >= 4 is 28.9 Å². The Hall–Kier alpha value is 0.920. The van der Waals surface area contributed by atoms with E-state index in [1.165, 1.54) is 0 Å². The van der Waals surface area contributed by atoms with Crippen LogP contribution in [-0.4, -0.2) is 19.0 Å². The quantitative estimate of drug-likeness (QED) is 0.561. The molecular weight excluding hydrogens is 271 g/mol. The van der Waals surface area contributed by atoms with Gasteiger partial charge in [0.25, 0.3) is 0 Å². The maximum Gasteiger partial charge on any atom is 0.247 e. The molecule has 0 saturated carbocycles. The van der Waals surface area contributed by atoms with Crippen LogP contribution in [0.3, 0.4) is 0 Å². The van der Waals surface area contributed by atoms with Crippen molar-refractivity contribution in [1.82, 2.24) is 0 Å². The van der Waals surface area contributed by atoms with Gasteiger partial charge in [-0.1, -0.05) is 52.9 Å². The molecule has 0 aliphatic carbocycles. The van der Waals surface area contributed by atoms with Gasteiger partial charge in [-0.3, -0.25) is 0 Å². The van der Waals surface area contributed by atoms with E-state index in [0.29, 0.717) is 31.0 Å². The van der Waals surface area contributed by atoms with Gasteiger partial charge >= 0.3 is 0 Å². The van der Waals surface area contributed by atoms with Crippen LogP contribution in [0.5, 0.6) is 0 Å². The fraction of sp³-hybridized carbons (Fsp3) is 1.00. The summed E-state index contributed by atoms with van der Waals surface area (Å²) in [6, 6.07) is 0. The Morgan fingerprint density at radius 2 is 1.29 bits per heavy atom. The molecule has 0 spiro atoms. The highest BCUT2D eigenvalue weighted by Gasteiger charge is 2.21. The SMILES string of the molecule is CC(C)COP(=S)(OCC(C)C)SCC(C)C. The maximum absolute atomic E-state index is 5.86. The highest BCUT2D eigenvalue weighted by molar-refractivity contribution is 8.67. The molecular formula is C12H27O2PS2. The van der Waals surface area contributed by atoms with E-state index in [-0.39, 0.29) is 0 Å². The third kappa shape index (κ3) is 10.5. The summed E-state index contributed by atoms with van der Waals surface area (Å²) in [6.07, 6.45) is 0. The van der Waals surface area contributed by atoms with Crippen LogP contribution >= 0.6 is 17.1 Å². The molecule has 0 unspecified atom stereocenters. The molecule has 0 amide bonds. The lowest BCUT2D eigenvalue weighted by Crippen LogP contribution is -2.05. The maximum atomic E-state index is 5.86. The summed E-state index contributed by atoms with van der Waals surface area (Å²) >= 11 is 7.28. The zero-order valence-corrected chi connectivity index (χ0v) is 14.5. The van der Waals surface area contributed by atoms with Gasteiger partial charge in [0, 0.05) is 5.75 Å². The van der Waals surface area contributed by atoms with Crippen LogP contribution in [0.25, 0.3) is 0 Å². The molecule has 0 fully saturated rings. The van der Waals surface area contributed by atoms with Crippen molar-refractivity contribution in [3.63, 3.8) is 0 Å². The topological polar surface area (TPSA) is 18.5 Å². The van der Waals surface area contributed by atoms with E-state index in [1.54, 1.807) is 11.4 Å². The molecule has 0 atom stereocenters. The van der Waals surface area contributed by atoms with Crippen LogP contribution in [0.4, 0.5) is 0 Å². The Balaban J connectivity index is 4.29. The first kappa shape index (κ1) is 17.9. The molecule has 0 saturated heterocycles. The summed E-state index contributed by atoms with van der Waals surface area (Å²) < 4.78 is 11.7. The highest BCUT2D eigenvalue weighted by Crippen LogP contribution is 2.61. The molecule has 0 N–H and O–H groups in total. The lowest BCUT2D eigenvalue weighted by atomic mass is 10.2. The number of hydrogen-bond donors (Lipinski definition) is 0. The third-order valence-electron chi connectivity index (χ3n) is 1.70. The van der Waals surface area contributed by atoms with Crippen molar-refractivity contribution in [3.8, 4) is 0 Å². The van der Waals surface area contributed by atoms with Gasteiger partial charge in [-0.25, -0.2) is 0 Å². The fourth-order valence-electron chi connectivity index (χ4n) is 0.833. The molecule has 0 radical (unpaired) electrons. The molecule has 104 valence electrons. The van der Waals surface area contributed by atoms with Crippen molar-refractivity contribution in [2.75, 3.05) is 19.0 Å². The van der Waals surface area contributed by atoms with E-state index in [1.807, 2.05) is 0 Å². The van der Waals surface area contributed by atoms with E-state index in [9.17, 15) is 0 Å². The summed E-state index contributed by atoms with van der Waals surface area (Å²) in [5, 5.41) is 0. The molecule has 0 aromatic rings. The largest absolute Gasteiger partial charge is 0.321 e. The first-order chi connectivity index (χ1) is 7.75. The Morgan fingerprint density at radius 3 is 1.59 bits per heavy atom. The van der Waals surface area contributed by atoms with Gasteiger partial charge in [-0.2, -0.15) is 0 Å². The average Bonchev–Trinajstić information content (AvgIpc) is 2.21. The molecule has 5 heteroatoms. The minimum Gasteiger partial charge on any atom is -0.321 e. The van der Waals surface area contributed by atoms with Crippen LogP contribution in [-0.2, 0) is 20.9 Å². The van der Waals surface area contributed by atoms with Crippen molar-refractivity contribution in [3.05, 3.63) is 0 Å². The summed E-state index contributed by atoms with van der Waals surface area (Å²) in [7, 11) is 0. The van der Waals surface area contributed by atoms with E-state index in [4.69, 9.17) is 20.9 Å². The highest BCUT2D eigenvalue weighted by atomic mass is 32.9. The van der Waals surface area contributed by atoms with Crippen LogP contribution in [0.15, 0.2) is 0 Å². The summed E-state index contributed by atoms with van der Waals surface area (Å²) in [5.74, 6) is 2.62. The Labute approximate surface area is 116 Å². The third-order valence-corrected chi connectivity index (χ3v) is 7.37. The van der Waals surface area contributed by atoms with Gasteiger partial charge in [0.15, 0.2) is 0 Å². The van der Waals surface area contributed by atoms with Gasteiger partial charge in [0.1, 0.15) is 0 Å². The fourth-order valence-corrected chi connectivity index (χ4v) is 5.67. The second-order valence-electron chi connectivity index (χ2n) is 5.52. The van der Waals surface area contributed by atoms with Gasteiger partial charge in [-0.15, -0.1) is 0 Å². The van der Waals surface area contributed by atoms with Crippen molar-refractivity contribution in [2.24, 2.45) is 17.8 Å². The Morgan fingerprint density at radius 1 is 0.882 bits per heavy atom. The second kappa shape index (κ2) is 8.92. The van der Waals surface area contributed by atoms with E-state index in [0.717, 1.165) is 5.75 Å². The van der Waals surface area contributed by atoms with Crippen molar-refractivity contribution < 1.29 is 9.05 Å². The van der Waals surface area contributed by atoms with Gasteiger partial charge in [0.2, 0.25) is 5.69 Å². The second-order valence-corrected chi connectivity index (χ2v) is 11.9. The van der Waals surface area contributed by atoms with Gasteiger partial charge < -0.3 is 9.05 Å². The number of rotatable bonds is 9. The normalized spacial score (nSPS) is 13.0. The minimum absolute atomic E-state index is 0.500. The smallest absolute Gasteiger partial charge is 0.247 e. The first-order valence-electron chi connectivity index (χ1n) is 6.29. The molecule has 0 aliphatic rings. The zero-order chi connectivity index (χ0) is 13.5. The van der Waals surface area contributed by atoms with Gasteiger partial charge in [0.05, 0.1) is 13.2 Å². The van der Waals surface area contributed by atoms with Crippen LogP contribution in [0, 0.1) is 17.8 Å². The predicted octanol–water partition coefficient (Wildman–Crippen LogP) is 4.95. The summed E-state index contributed by atoms with van der Waals surface area (Å²) in [5.41, 5.74) is -2.13. The zero-order valence-electron chi connectivity index (χ0n) is 11.9. The summed E-state index contributed by atoms with van der Waals surface area (Å²) in [6.45, 7) is 14.3. The summed E-state index contributed by atoms with van der Waals surface area (Å²) in [4.78, 5) is 0. The lowest BCUT2D eigenvalue weighted by Gasteiger charge is -2.24. The standard InChI is InChI=1S/C12H27O2PS2/c1-10(2)7-13-15(16,14-8-11(3)4)17-9-12(5)6/h10-12H,7-9H2,1-6H3.